The van der Waals surface area contributed by atoms with E-state index >= 15 is 0 Å². The highest BCUT2D eigenvalue weighted by molar-refractivity contribution is 7.94. The predicted octanol–water partition coefficient (Wildman–Crippen LogP) is 3.27. The molecule has 168 valence electrons. The highest BCUT2D eigenvalue weighted by Crippen LogP contribution is 2.52. The van der Waals surface area contributed by atoms with Crippen LogP contribution in [0.1, 0.15) is 11.1 Å². The zero-order valence-electron chi connectivity index (χ0n) is 16.8. The third-order valence-electron chi connectivity index (χ3n) is 5.84. The van der Waals surface area contributed by atoms with Gasteiger partial charge in [-0.15, -0.1) is 0 Å². The van der Waals surface area contributed by atoms with E-state index in [4.69, 9.17) is 0 Å². The lowest BCUT2D eigenvalue weighted by molar-refractivity contribution is -0.123. The van der Waals surface area contributed by atoms with Crippen LogP contribution in [-0.2, 0) is 30.8 Å². The van der Waals surface area contributed by atoms with Gasteiger partial charge in [0, 0.05) is 17.3 Å². The molecule has 1 unspecified atom stereocenters. The number of sulfone groups is 1. The Morgan fingerprint density at radius 2 is 1.58 bits per heavy atom. The smallest absolute Gasteiger partial charge is 0.274 e. The largest absolute Gasteiger partial charge is 0.304 e. The summed E-state index contributed by atoms with van der Waals surface area (Å²) in [5.74, 6) is -5.79. The minimum Gasteiger partial charge on any atom is -0.304 e. The zero-order valence-corrected chi connectivity index (χ0v) is 17.7. The van der Waals surface area contributed by atoms with E-state index < -0.39 is 49.7 Å². The Labute approximate surface area is 186 Å². The molecule has 3 aromatic rings. The summed E-state index contributed by atoms with van der Waals surface area (Å²) >= 11 is 0. The van der Waals surface area contributed by atoms with E-state index in [1.807, 2.05) is 0 Å². The maximum atomic E-state index is 14.0. The van der Waals surface area contributed by atoms with Crippen LogP contribution in [0.4, 0.5) is 24.5 Å². The first-order valence-electron chi connectivity index (χ1n) is 9.83. The van der Waals surface area contributed by atoms with Gasteiger partial charge in [-0.1, -0.05) is 30.3 Å². The number of nitrogens with zero attached hydrogens (tertiary/aromatic N) is 2. The second-order valence-electron chi connectivity index (χ2n) is 7.77. The van der Waals surface area contributed by atoms with Crippen LogP contribution >= 0.6 is 0 Å². The van der Waals surface area contributed by atoms with Crippen LogP contribution in [0.15, 0.2) is 66.7 Å². The first kappa shape index (κ1) is 21.2. The summed E-state index contributed by atoms with van der Waals surface area (Å²) in [5.41, 5.74) is 0.551. The molecule has 6 nitrogen and oxygen atoms in total. The first-order valence-corrected chi connectivity index (χ1v) is 11.5. The van der Waals surface area contributed by atoms with Crippen LogP contribution in [0.2, 0.25) is 0 Å². The molecule has 2 aliphatic heterocycles. The minimum atomic E-state index is -4.44. The summed E-state index contributed by atoms with van der Waals surface area (Å²) in [6.45, 7) is -0.0901. The van der Waals surface area contributed by atoms with E-state index in [0.717, 1.165) is 17.0 Å². The molecule has 0 aromatic heterocycles. The Bertz CT molecular complexity index is 1430. The minimum absolute atomic E-state index is 0.0349. The summed E-state index contributed by atoms with van der Waals surface area (Å²) in [6, 6.07) is 13.9. The van der Waals surface area contributed by atoms with Gasteiger partial charge in [0.2, 0.25) is 5.91 Å². The monoisotopic (exact) mass is 472 g/mol. The second-order valence-corrected chi connectivity index (χ2v) is 9.87. The van der Waals surface area contributed by atoms with Crippen LogP contribution in [0, 0.1) is 17.5 Å². The summed E-state index contributed by atoms with van der Waals surface area (Å²) in [5, 5.41) is 0. The maximum absolute atomic E-state index is 14.0. The van der Waals surface area contributed by atoms with Gasteiger partial charge in [-0.2, -0.15) is 0 Å². The van der Waals surface area contributed by atoms with Crippen molar-refractivity contribution in [1.29, 1.82) is 0 Å². The molecule has 1 atom stereocenters. The molecular formula is C23H15F3N2O4S. The second kappa shape index (κ2) is 7.17. The average Bonchev–Trinajstić information content (AvgIpc) is 3.14. The van der Waals surface area contributed by atoms with Gasteiger partial charge in [0.1, 0.15) is 11.6 Å². The molecule has 2 heterocycles. The van der Waals surface area contributed by atoms with E-state index in [2.05, 4.69) is 0 Å². The Balaban J connectivity index is 1.73. The van der Waals surface area contributed by atoms with Gasteiger partial charge in [0.05, 0.1) is 12.2 Å². The Kier molecular flexibility index (Phi) is 4.61. The van der Waals surface area contributed by atoms with Crippen LogP contribution < -0.4 is 9.80 Å². The fourth-order valence-corrected chi connectivity index (χ4v) is 6.48. The van der Waals surface area contributed by atoms with Gasteiger partial charge in [0.25, 0.3) is 10.8 Å². The molecule has 33 heavy (non-hydrogen) atoms. The zero-order chi connectivity index (χ0) is 23.5. The van der Waals surface area contributed by atoms with E-state index in [1.165, 1.54) is 47.4 Å². The third kappa shape index (κ3) is 2.90. The summed E-state index contributed by atoms with van der Waals surface area (Å²) in [6.07, 6.45) is 0. The van der Waals surface area contributed by atoms with Crippen molar-refractivity contribution in [2.45, 2.75) is 11.4 Å². The quantitative estimate of drug-likeness (QED) is 0.587. The van der Waals surface area contributed by atoms with E-state index in [0.29, 0.717) is 11.6 Å². The summed E-state index contributed by atoms with van der Waals surface area (Å²) in [7, 11) is -4.44. The lowest BCUT2D eigenvalue weighted by Crippen LogP contribution is -2.54. The molecular weight excluding hydrogens is 457 g/mol. The van der Waals surface area contributed by atoms with Crippen molar-refractivity contribution in [3.63, 3.8) is 0 Å². The average molecular weight is 472 g/mol. The molecule has 5 rings (SSSR count). The number of para-hydroxylation sites is 1. The molecule has 2 aliphatic rings. The molecule has 2 amide bonds. The van der Waals surface area contributed by atoms with Crippen molar-refractivity contribution >= 4 is 33.0 Å². The first-order chi connectivity index (χ1) is 15.7. The van der Waals surface area contributed by atoms with Gasteiger partial charge in [-0.05, 0) is 35.9 Å². The van der Waals surface area contributed by atoms with Crippen molar-refractivity contribution in [2.75, 3.05) is 15.6 Å². The van der Waals surface area contributed by atoms with E-state index in [-0.39, 0.29) is 23.5 Å². The standard InChI is InChI=1S/C23H15F3N2O4S/c24-15-7-5-14(6-8-15)12-27-20-4-2-1-3-17(20)23(22(27)30)28(21(29)13-33(23,31)32)16-9-10-18(25)19(26)11-16/h1-11H,12-13H2. The molecule has 0 saturated carbocycles. The van der Waals surface area contributed by atoms with Crippen LogP contribution in [0.5, 0.6) is 0 Å². The Morgan fingerprint density at radius 3 is 2.27 bits per heavy atom. The molecule has 0 radical (unpaired) electrons. The fraction of sp³-hybridized carbons (Fsp3) is 0.130. The number of carbonyl (C=O) groups is 2. The number of fused-ring (bicyclic) bond motifs is 2. The number of rotatable bonds is 3. The molecule has 1 fully saturated rings. The molecule has 0 N–H and O–H groups in total. The molecule has 10 heteroatoms. The fourth-order valence-electron chi connectivity index (χ4n) is 4.45. The normalized spacial score (nSPS) is 21.2. The summed E-state index contributed by atoms with van der Waals surface area (Å²) in [4.78, 5) is 26.3. The van der Waals surface area contributed by atoms with Crippen LogP contribution in [0.3, 0.4) is 0 Å². The van der Waals surface area contributed by atoms with Crippen LogP contribution in [0.25, 0.3) is 0 Å². The highest BCUT2D eigenvalue weighted by Gasteiger charge is 2.69. The Morgan fingerprint density at radius 1 is 0.879 bits per heavy atom. The number of hydrogen-bond donors (Lipinski definition) is 0. The van der Waals surface area contributed by atoms with Crippen molar-refractivity contribution < 1.29 is 31.2 Å². The number of hydrogen-bond acceptors (Lipinski definition) is 4. The highest BCUT2D eigenvalue weighted by atomic mass is 32.2. The lowest BCUT2D eigenvalue weighted by Gasteiger charge is -2.32. The van der Waals surface area contributed by atoms with Crippen molar-refractivity contribution in [3.8, 4) is 0 Å². The number of benzene rings is 3. The number of amides is 2. The van der Waals surface area contributed by atoms with Gasteiger partial charge >= 0.3 is 0 Å². The van der Waals surface area contributed by atoms with Crippen molar-refractivity contribution in [3.05, 3.63) is 95.3 Å². The van der Waals surface area contributed by atoms with E-state index in [1.54, 1.807) is 6.07 Å². The molecule has 0 bridgehead atoms. The summed E-state index contributed by atoms with van der Waals surface area (Å²) < 4.78 is 67.8. The number of halogens is 3. The molecule has 0 aliphatic carbocycles. The topological polar surface area (TPSA) is 74.8 Å². The third-order valence-corrected chi connectivity index (χ3v) is 7.94. The number of anilines is 2. The maximum Gasteiger partial charge on any atom is 0.274 e. The molecule has 1 spiro atoms. The van der Waals surface area contributed by atoms with Gasteiger partial charge in [-0.3, -0.25) is 14.5 Å². The van der Waals surface area contributed by atoms with Crippen molar-refractivity contribution in [2.24, 2.45) is 0 Å². The number of carbonyl (C=O) groups excluding carboxylic acids is 2. The van der Waals surface area contributed by atoms with Crippen molar-refractivity contribution in [1.82, 2.24) is 0 Å². The van der Waals surface area contributed by atoms with Gasteiger partial charge in [-0.25, -0.2) is 21.6 Å². The van der Waals surface area contributed by atoms with Gasteiger partial charge in [0.15, 0.2) is 21.5 Å². The van der Waals surface area contributed by atoms with Gasteiger partial charge < -0.3 is 4.90 Å². The molecule has 1 saturated heterocycles. The Hall–Kier alpha value is -3.66. The SMILES string of the molecule is O=C1CS(=O)(=O)C2(C(=O)N(Cc3ccc(F)cc3)c3ccccc32)N1c1ccc(F)c(F)c1. The van der Waals surface area contributed by atoms with Crippen LogP contribution in [-0.4, -0.2) is 26.0 Å². The van der Waals surface area contributed by atoms with E-state index in [9.17, 15) is 31.2 Å². The predicted molar refractivity (Wildman–Crippen MR) is 113 cm³/mol. The lowest BCUT2D eigenvalue weighted by atomic mass is 10.0. The molecule has 3 aromatic carbocycles.